The summed E-state index contributed by atoms with van der Waals surface area (Å²) in [5, 5.41) is 9.19. The molecule has 0 aliphatic rings. The number of nitrogens with one attached hydrogen (secondary N) is 1. The first-order chi connectivity index (χ1) is 8.86. The lowest BCUT2D eigenvalue weighted by atomic mass is 10.3. The fraction of sp³-hybridized carbons (Fsp3) is 0.182. The number of primary sulfonamides is 1. The number of thiazole rings is 1. The number of hydrogen-bond donors (Lipinski definition) is 3. The Bertz CT molecular complexity index is 694. The average Bonchev–Trinajstić information content (AvgIpc) is 2.71. The predicted octanol–water partition coefficient (Wildman–Crippen LogP) is 1.29. The van der Waals surface area contributed by atoms with Gasteiger partial charge in [-0.25, -0.2) is 18.5 Å². The van der Waals surface area contributed by atoms with Crippen molar-refractivity contribution in [2.75, 3.05) is 11.1 Å². The van der Waals surface area contributed by atoms with Crippen molar-refractivity contribution in [1.82, 2.24) is 4.98 Å². The van der Waals surface area contributed by atoms with E-state index in [0.29, 0.717) is 6.54 Å². The van der Waals surface area contributed by atoms with Gasteiger partial charge in [0.25, 0.3) is 0 Å². The van der Waals surface area contributed by atoms with Gasteiger partial charge < -0.3 is 11.1 Å². The molecule has 2 aromatic rings. The van der Waals surface area contributed by atoms with Gasteiger partial charge in [0.15, 0.2) is 0 Å². The Morgan fingerprint density at radius 2 is 2.16 bits per heavy atom. The van der Waals surface area contributed by atoms with Crippen LogP contribution in [0.5, 0.6) is 0 Å². The zero-order valence-electron chi connectivity index (χ0n) is 10.3. The molecule has 0 aliphatic carbocycles. The van der Waals surface area contributed by atoms with E-state index in [2.05, 4.69) is 10.3 Å². The molecule has 0 aliphatic heterocycles. The van der Waals surface area contributed by atoms with Crippen LogP contribution in [0.15, 0.2) is 29.3 Å². The summed E-state index contributed by atoms with van der Waals surface area (Å²) in [5.74, 6) is 0. The number of nitrogens with zero attached hydrogens (tertiary/aromatic N) is 1. The van der Waals surface area contributed by atoms with Gasteiger partial charge in [0.05, 0.1) is 17.2 Å². The number of rotatable bonds is 4. The number of sulfonamides is 1. The quantitative estimate of drug-likeness (QED) is 0.737. The number of nitrogens with two attached hydrogens (primary N) is 2. The van der Waals surface area contributed by atoms with E-state index in [0.717, 1.165) is 15.6 Å². The van der Waals surface area contributed by atoms with Gasteiger partial charge in [0.2, 0.25) is 10.0 Å². The van der Waals surface area contributed by atoms with Crippen molar-refractivity contribution in [3.8, 4) is 0 Å². The van der Waals surface area contributed by atoms with Crippen LogP contribution in [-0.2, 0) is 16.6 Å². The monoisotopic (exact) mass is 298 g/mol. The topological polar surface area (TPSA) is 111 Å². The van der Waals surface area contributed by atoms with Crippen LogP contribution in [0.1, 0.15) is 9.88 Å². The van der Waals surface area contributed by atoms with E-state index in [1.807, 2.05) is 6.92 Å². The summed E-state index contributed by atoms with van der Waals surface area (Å²) in [6, 6.07) is 4.57. The summed E-state index contributed by atoms with van der Waals surface area (Å²) in [7, 11) is -3.77. The Labute approximate surface area is 115 Å². The normalized spacial score (nSPS) is 11.5. The molecule has 0 fully saturated rings. The SMILES string of the molecule is Cc1ncc(CNc2ccc(S(N)(=O)=O)c(N)c2)s1. The molecule has 5 N–H and O–H groups in total. The van der Waals surface area contributed by atoms with Gasteiger partial charge in [-0.15, -0.1) is 11.3 Å². The van der Waals surface area contributed by atoms with Gasteiger partial charge >= 0.3 is 0 Å². The van der Waals surface area contributed by atoms with Crippen molar-refractivity contribution in [3.63, 3.8) is 0 Å². The standard InChI is InChI=1S/C11H14N4O2S2/c1-7-14-5-9(18-7)6-15-8-2-3-11(10(12)4-8)19(13,16)17/h2-5,15H,6,12H2,1H3,(H2,13,16,17). The van der Waals surface area contributed by atoms with E-state index in [1.165, 1.54) is 6.07 Å². The van der Waals surface area contributed by atoms with Crippen LogP contribution in [0.3, 0.4) is 0 Å². The lowest BCUT2D eigenvalue weighted by molar-refractivity contribution is 0.598. The molecule has 0 unspecified atom stereocenters. The molecule has 0 atom stereocenters. The van der Waals surface area contributed by atoms with Crippen LogP contribution >= 0.6 is 11.3 Å². The van der Waals surface area contributed by atoms with E-state index >= 15 is 0 Å². The number of benzene rings is 1. The highest BCUT2D eigenvalue weighted by atomic mass is 32.2. The first-order valence-electron chi connectivity index (χ1n) is 5.44. The minimum atomic E-state index is -3.77. The van der Waals surface area contributed by atoms with Crippen molar-refractivity contribution in [2.24, 2.45) is 5.14 Å². The number of aromatic nitrogens is 1. The predicted molar refractivity (Wildman–Crippen MR) is 76.4 cm³/mol. The Hall–Kier alpha value is -1.64. The minimum absolute atomic E-state index is 0.0633. The Kier molecular flexibility index (Phi) is 3.74. The van der Waals surface area contributed by atoms with E-state index in [4.69, 9.17) is 10.9 Å². The highest BCUT2D eigenvalue weighted by Gasteiger charge is 2.12. The van der Waals surface area contributed by atoms with Crippen LogP contribution < -0.4 is 16.2 Å². The lowest BCUT2D eigenvalue weighted by Crippen LogP contribution is -2.14. The summed E-state index contributed by atoms with van der Waals surface area (Å²) in [5.41, 5.74) is 6.54. The second kappa shape index (κ2) is 5.16. The number of hydrogen-bond acceptors (Lipinski definition) is 6. The molecule has 1 heterocycles. The molecule has 6 nitrogen and oxygen atoms in total. The molecular weight excluding hydrogens is 284 g/mol. The van der Waals surface area contributed by atoms with Crippen molar-refractivity contribution in [1.29, 1.82) is 0 Å². The molecule has 19 heavy (non-hydrogen) atoms. The number of nitrogen functional groups attached to an aromatic ring is 1. The van der Waals surface area contributed by atoms with Crippen LogP contribution in [-0.4, -0.2) is 13.4 Å². The molecule has 0 bridgehead atoms. The van der Waals surface area contributed by atoms with Crippen LogP contribution in [0.25, 0.3) is 0 Å². The third kappa shape index (κ3) is 3.43. The summed E-state index contributed by atoms with van der Waals surface area (Å²) in [4.78, 5) is 5.18. The summed E-state index contributed by atoms with van der Waals surface area (Å²) < 4.78 is 22.4. The largest absolute Gasteiger partial charge is 0.398 e. The average molecular weight is 298 g/mol. The van der Waals surface area contributed by atoms with Gasteiger partial charge in [-0.1, -0.05) is 0 Å². The Balaban J connectivity index is 2.12. The smallest absolute Gasteiger partial charge is 0.240 e. The zero-order valence-corrected chi connectivity index (χ0v) is 11.9. The van der Waals surface area contributed by atoms with Crippen molar-refractivity contribution in [3.05, 3.63) is 34.3 Å². The second-order valence-electron chi connectivity index (χ2n) is 4.00. The maximum atomic E-state index is 11.2. The van der Waals surface area contributed by atoms with Gasteiger partial charge in [-0.3, -0.25) is 0 Å². The summed E-state index contributed by atoms with van der Waals surface area (Å²) in [6.45, 7) is 2.55. The molecule has 0 saturated heterocycles. The molecule has 1 aromatic carbocycles. The summed E-state index contributed by atoms with van der Waals surface area (Å²) >= 11 is 1.60. The molecular formula is C11H14N4O2S2. The fourth-order valence-electron chi connectivity index (χ4n) is 1.59. The Morgan fingerprint density at radius 3 is 2.68 bits per heavy atom. The fourth-order valence-corrected chi connectivity index (χ4v) is 2.97. The van der Waals surface area contributed by atoms with Crippen molar-refractivity contribution < 1.29 is 8.42 Å². The van der Waals surface area contributed by atoms with Gasteiger partial charge in [0, 0.05) is 16.8 Å². The minimum Gasteiger partial charge on any atom is -0.398 e. The number of aryl methyl sites for hydroxylation is 1. The van der Waals surface area contributed by atoms with Gasteiger partial charge in [-0.2, -0.15) is 0 Å². The van der Waals surface area contributed by atoms with Gasteiger partial charge in [0.1, 0.15) is 4.90 Å². The van der Waals surface area contributed by atoms with E-state index in [9.17, 15) is 8.42 Å². The molecule has 2 rings (SSSR count). The molecule has 102 valence electrons. The maximum absolute atomic E-state index is 11.2. The van der Waals surface area contributed by atoms with Crippen LogP contribution in [0, 0.1) is 6.92 Å². The second-order valence-corrected chi connectivity index (χ2v) is 6.85. The highest BCUT2D eigenvalue weighted by Crippen LogP contribution is 2.22. The molecule has 8 heteroatoms. The molecule has 1 aromatic heterocycles. The Morgan fingerprint density at radius 1 is 1.42 bits per heavy atom. The third-order valence-corrected chi connectivity index (χ3v) is 4.35. The highest BCUT2D eigenvalue weighted by molar-refractivity contribution is 7.89. The lowest BCUT2D eigenvalue weighted by Gasteiger charge is -2.08. The third-order valence-electron chi connectivity index (χ3n) is 2.45. The van der Waals surface area contributed by atoms with Gasteiger partial charge in [-0.05, 0) is 25.1 Å². The van der Waals surface area contributed by atoms with Crippen LogP contribution in [0.4, 0.5) is 11.4 Å². The van der Waals surface area contributed by atoms with E-state index in [1.54, 1.807) is 29.7 Å². The van der Waals surface area contributed by atoms with E-state index in [-0.39, 0.29) is 10.6 Å². The molecule has 0 radical (unpaired) electrons. The summed E-state index contributed by atoms with van der Waals surface area (Å²) in [6.07, 6.45) is 1.80. The zero-order chi connectivity index (χ0) is 14.0. The molecule has 0 spiro atoms. The molecule has 0 amide bonds. The number of anilines is 2. The van der Waals surface area contributed by atoms with E-state index < -0.39 is 10.0 Å². The van der Waals surface area contributed by atoms with Crippen molar-refractivity contribution in [2.45, 2.75) is 18.4 Å². The molecule has 0 saturated carbocycles. The maximum Gasteiger partial charge on any atom is 0.240 e. The first kappa shape index (κ1) is 13.8. The van der Waals surface area contributed by atoms with Crippen LogP contribution in [0.2, 0.25) is 0 Å². The van der Waals surface area contributed by atoms with Crippen molar-refractivity contribution >= 4 is 32.7 Å². The first-order valence-corrected chi connectivity index (χ1v) is 7.80.